The first-order valence-electron chi connectivity index (χ1n) is 20.5. The first-order valence-corrected chi connectivity index (χ1v) is 20.5. The first kappa shape index (κ1) is 42.0. The maximum Gasteiger partial charge on any atom is -0.00218 e. The Balaban J connectivity index is 3.13. The van der Waals surface area contributed by atoms with Gasteiger partial charge in [-0.15, -0.1) is 0 Å². The van der Waals surface area contributed by atoms with Crippen LogP contribution in [0.25, 0.3) is 0 Å². The Hall–Kier alpha value is -0.0400. The van der Waals surface area contributed by atoms with Gasteiger partial charge in [0.25, 0.3) is 0 Å². The molecule has 0 spiro atoms. The molecular formula is C41H85N. The highest BCUT2D eigenvalue weighted by Gasteiger charge is 2.00. The number of unbranched alkanes of at least 4 members (excludes halogenated alkanes) is 34. The summed E-state index contributed by atoms with van der Waals surface area (Å²) in [4.78, 5) is 2.60. The van der Waals surface area contributed by atoms with Gasteiger partial charge in [0, 0.05) is 0 Å². The zero-order valence-electron chi connectivity index (χ0n) is 30.3. The molecule has 42 heavy (non-hydrogen) atoms. The monoisotopic (exact) mass is 592 g/mol. The van der Waals surface area contributed by atoms with Gasteiger partial charge in [0.05, 0.1) is 0 Å². The summed E-state index contributed by atoms with van der Waals surface area (Å²) in [5, 5.41) is 0. The molecule has 0 heterocycles. The van der Waals surface area contributed by atoms with Gasteiger partial charge in [-0.3, -0.25) is 0 Å². The van der Waals surface area contributed by atoms with Crippen LogP contribution in [0.2, 0.25) is 0 Å². The third-order valence-corrected chi connectivity index (χ3v) is 9.79. The zero-order valence-corrected chi connectivity index (χ0v) is 30.3. The maximum atomic E-state index is 2.60. The van der Waals surface area contributed by atoms with Crippen LogP contribution in [0, 0.1) is 0 Å². The van der Waals surface area contributed by atoms with Gasteiger partial charge < -0.3 is 4.90 Å². The minimum atomic E-state index is 1.32. The second kappa shape index (κ2) is 39.0. The van der Waals surface area contributed by atoms with Crippen LogP contribution in [0.1, 0.15) is 245 Å². The number of nitrogens with zero attached hydrogens (tertiary/aromatic N) is 1. The Morgan fingerprint density at radius 2 is 0.357 bits per heavy atom. The number of hydrogen-bond acceptors (Lipinski definition) is 1. The molecule has 0 amide bonds. The van der Waals surface area contributed by atoms with E-state index in [0.29, 0.717) is 0 Å². The highest BCUT2D eigenvalue weighted by molar-refractivity contribution is 4.56. The smallest absolute Gasteiger partial charge is 0.00218 e. The van der Waals surface area contributed by atoms with E-state index in [1.165, 1.54) is 244 Å². The molecule has 0 rings (SSSR count). The number of rotatable bonds is 38. The Morgan fingerprint density at radius 3 is 0.524 bits per heavy atom. The summed E-state index contributed by atoms with van der Waals surface area (Å²) in [6, 6.07) is 0. The summed E-state index contributed by atoms with van der Waals surface area (Å²) >= 11 is 0. The molecule has 0 fully saturated rings. The molecule has 0 saturated heterocycles. The van der Waals surface area contributed by atoms with Gasteiger partial charge in [0.1, 0.15) is 0 Å². The third kappa shape index (κ3) is 38.0. The minimum Gasteiger partial charge on any atom is -0.306 e. The molecule has 1 nitrogen and oxygen atoms in total. The lowest BCUT2D eigenvalue weighted by molar-refractivity contribution is 0.314. The van der Waals surface area contributed by atoms with Crippen molar-refractivity contribution in [2.24, 2.45) is 0 Å². The largest absolute Gasteiger partial charge is 0.306 e. The minimum absolute atomic E-state index is 1.32. The van der Waals surface area contributed by atoms with E-state index >= 15 is 0 Å². The molecule has 0 aromatic rings. The summed E-state index contributed by atoms with van der Waals surface area (Å²) < 4.78 is 0. The van der Waals surface area contributed by atoms with Crippen molar-refractivity contribution in [2.45, 2.75) is 245 Å². The maximum absolute atomic E-state index is 2.60. The van der Waals surface area contributed by atoms with Gasteiger partial charge in [-0.2, -0.15) is 0 Å². The fourth-order valence-electron chi connectivity index (χ4n) is 6.68. The van der Waals surface area contributed by atoms with Gasteiger partial charge in [0.2, 0.25) is 0 Å². The van der Waals surface area contributed by atoms with Crippen LogP contribution in [0.4, 0.5) is 0 Å². The molecule has 0 bridgehead atoms. The van der Waals surface area contributed by atoms with Crippen molar-refractivity contribution in [2.75, 3.05) is 20.1 Å². The highest BCUT2D eigenvalue weighted by atomic mass is 15.1. The fraction of sp³-hybridized carbons (Fsp3) is 1.00. The van der Waals surface area contributed by atoms with Crippen LogP contribution in [-0.4, -0.2) is 25.0 Å². The van der Waals surface area contributed by atoms with Crippen LogP contribution >= 0.6 is 0 Å². The molecule has 0 saturated carbocycles. The van der Waals surface area contributed by atoms with E-state index in [9.17, 15) is 0 Å². The van der Waals surface area contributed by atoms with Crippen molar-refractivity contribution in [3.63, 3.8) is 0 Å². The number of hydrogen-bond donors (Lipinski definition) is 0. The van der Waals surface area contributed by atoms with E-state index in [1.807, 2.05) is 0 Å². The van der Waals surface area contributed by atoms with E-state index < -0.39 is 0 Å². The molecule has 0 atom stereocenters. The van der Waals surface area contributed by atoms with Crippen LogP contribution < -0.4 is 0 Å². The Bertz CT molecular complexity index is 446. The SMILES string of the molecule is CCCCCCCCCCCCCCCCCCCCCCN(C)CCCCCCCCCCCCCCCCCC. The average Bonchev–Trinajstić information content (AvgIpc) is 3.00. The summed E-state index contributed by atoms with van der Waals surface area (Å²) in [5.74, 6) is 0. The molecule has 1 heteroatoms. The molecule has 0 unspecified atom stereocenters. The standard InChI is InChI=1S/C41H85N/c1-4-6-8-10-12-14-16-18-20-22-23-24-25-27-29-31-33-35-37-39-41-42(3)40-38-36-34-32-30-28-26-21-19-17-15-13-11-9-7-5-2/h4-41H2,1-3H3. The first-order chi connectivity index (χ1) is 20.8. The van der Waals surface area contributed by atoms with E-state index in [0.717, 1.165) is 0 Å². The molecule has 0 radical (unpaired) electrons. The van der Waals surface area contributed by atoms with Crippen molar-refractivity contribution in [3.05, 3.63) is 0 Å². The topological polar surface area (TPSA) is 3.24 Å². The van der Waals surface area contributed by atoms with Crippen molar-refractivity contribution in [1.29, 1.82) is 0 Å². The highest BCUT2D eigenvalue weighted by Crippen LogP contribution is 2.16. The summed E-state index contributed by atoms with van der Waals surface area (Å²) in [7, 11) is 2.35. The van der Waals surface area contributed by atoms with Gasteiger partial charge in [-0.05, 0) is 33.0 Å². The molecule has 254 valence electrons. The van der Waals surface area contributed by atoms with Crippen LogP contribution in [-0.2, 0) is 0 Å². The van der Waals surface area contributed by atoms with Crippen molar-refractivity contribution >= 4 is 0 Å². The summed E-state index contributed by atoms with van der Waals surface area (Å²) in [6.45, 7) is 7.25. The second-order valence-electron chi connectivity index (χ2n) is 14.3. The zero-order chi connectivity index (χ0) is 30.4. The molecule has 0 aliphatic rings. The van der Waals surface area contributed by atoms with Crippen LogP contribution in [0.5, 0.6) is 0 Å². The molecule has 0 aromatic carbocycles. The average molecular weight is 592 g/mol. The lowest BCUT2D eigenvalue weighted by atomic mass is 10.0. The van der Waals surface area contributed by atoms with E-state index in [-0.39, 0.29) is 0 Å². The third-order valence-electron chi connectivity index (χ3n) is 9.79. The predicted octanol–water partition coefficient (Wildman–Crippen LogP) is 15.0. The molecule has 0 aliphatic carbocycles. The Morgan fingerprint density at radius 1 is 0.214 bits per heavy atom. The second-order valence-corrected chi connectivity index (χ2v) is 14.3. The molecular weight excluding hydrogens is 506 g/mol. The Kier molecular flexibility index (Phi) is 38.9. The van der Waals surface area contributed by atoms with Crippen molar-refractivity contribution < 1.29 is 0 Å². The van der Waals surface area contributed by atoms with Gasteiger partial charge in [-0.25, -0.2) is 0 Å². The van der Waals surface area contributed by atoms with Crippen molar-refractivity contribution in [1.82, 2.24) is 4.90 Å². The van der Waals surface area contributed by atoms with Crippen molar-refractivity contribution in [3.8, 4) is 0 Å². The summed E-state index contributed by atoms with van der Waals surface area (Å²) in [6.07, 6.45) is 52.8. The van der Waals surface area contributed by atoms with E-state index in [1.54, 1.807) is 0 Å². The quantitative estimate of drug-likeness (QED) is 0.0645. The summed E-state index contributed by atoms with van der Waals surface area (Å²) in [5.41, 5.74) is 0. The lowest BCUT2D eigenvalue weighted by Crippen LogP contribution is -2.20. The molecule has 0 N–H and O–H groups in total. The van der Waals surface area contributed by atoms with E-state index in [2.05, 4.69) is 25.8 Å². The lowest BCUT2D eigenvalue weighted by Gasteiger charge is -2.16. The van der Waals surface area contributed by atoms with Crippen LogP contribution in [0.3, 0.4) is 0 Å². The molecule has 0 aliphatic heterocycles. The normalized spacial score (nSPS) is 11.7. The fourth-order valence-corrected chi connectivity index (χ4v) is 6.68. The van der Waals surface area contributed by atoms with Gasteiger partial charge in [0.15, 0.2) is 0 Å². The van der Waals surface area contributed by atoms with Gasteiger partial charge >= 0.3 is 0 Å². The van der Waals surface area contributed by atoms with Crippen LogP contribution in [0.15, 0.2) is 0 Å². The van der Waals surface area contributed by atoms with E-state index in [4.69, 9.17) is 0 Å². The Labute approximate surface area is 269 Å². The predicted molar refractivity (Wildman–Crippen MR) is 195 cm³/mol. The van der Waals surface area contributed by atoms with Gasteiger partial charge in [-0.1, -0.05) is 232 Å². The molecule has 0 aromatic heterocycles.